The highest BCUT2D eigenvalue weighted by Crippen LogP contribution is 2.23. The normalized spacial score (nSPS) is 18.6. The van der Waals surface area contributed by atoms with Crippen LogP contribution >= 0.6 is 0 Å². The molecule has 0 aromatic carbocycles. The maximum absolute atomic E-state index is 9.95. The molecular weight excluding hydrogens is 252 g/mol. The molecule has 2 N–H and O–H groups in total. The molecule has 0 radical (unpaired) electrons. The van der Waals surface area contributed by atoms with Crippen molar-refractivity contribution in [3.63, 3.8) is 0 Å². The van der Waals surface area contributed by atoms with Crippen molar-refractivity contribution < 1.29 is 5.11 Å². The van der Waals surface area contributed by atoms with E-state index in [0.29, 0.717) is 5.92 Å². The van der Waals surface area contributed by atoms with E-state index in [4.69, 9.17) is 0 Å². The van der Waals surface area contributed by atoms with Crippen molar-refractivity contribution in [3.05, 3.63) is 18.0 Å². The standard InChI is InChI=1S/C15H26N4O/c1-12(2)8-16-9-13-10-17-14(18-11-13)19-6-4-15(3,20)5-7-19/h10-12,16,20H,4-9H2,1-3H3. The number of hydrogen-bond donors (Lipinski definition) is 2. The zero-order chi connectivity index (χ0) is 14.6. The molecule has 1 aliphatic heterocycles. The summed E-state index contributed by atoms with van der Waals surface area (Å²) >= 11 is 0. The first-order valence-electron chi connectivity index (χ1n) is 7.45. The van der Waals surface area contributed by atoms with Gasteiger partial charge in [-0.2, -0.15) is 0 Å². The molecule has 0 bridgehead atoms. The maximum Gasteiger partial charge on any atom is 0.225 e. The van der Waals surface area contributed by atoms with E-state index in [0.717, 1.165) is 50.5 Å². The molecule has 0 unspecified atom stereocenters. The summed E-state index contributed by atoms with van der Waals surface area (Å²) in [5, 5.41) is 13.3. The molecule has 1 saturated heterocycles. The van der Waals surface area contributed by atoms with E-state index in [1.54, 1.807) is 0 Å². The summed E-state index contributed by atoms with van der Waals surface area (Å²) in [6.07, 6.45) is 5.33. The van der Waals surface area contributed by atoms with Gasteiger partial charge in [0.25, 0.3) is 0 Å². The van der Waals surface area contributed by atoms with E-state index >= 15 is 0 Å². The Bertz CT molecular complexity index is 406. The number of anilines is 1. The van der Waals surface area contributed by atoms with Gasteiger partial charge in [-0.1, -0.05) is 13.8 Å². The van der Waals surface area contributed by atoms with Crippen molar-refractivity contribution in [1.29, 1.82) is 0 Å². The van der Waals surface area contributed by atoms with Crippen molar-refractivity contribution in [2.45, 2.75) is 45.8 Å². The van der Waals surface area contributed by atoms with Crippen LogP contribution in [0.4, 0.5) is 5.95 Å². The Balaban J connectivity index is 1.85. The summed E-state index contributed by atoms with van der Waals surface area (Å²) < 4.78 is 0. The fourth-order valence-electron chi connectivity index (χ4n) is 2.30. The van der Waals surface area contributed by atoms with Gasteiger partial charge < -0.3 is 15.3 Å². The number of piperidine rings is 1. The van der Waals surface area contributed by atoms with E-state index in [1.807, 2.05) is 19.3 Å². The van der Waals surface area contributed by atoms with Crippen molar-refractivity contribution in [2.75, 3.05) is 24.5 Å². The molecule has 2 rings (SSSR count). The largest absolute Gasteiger partial charge is 0.390 e. The summed E-state index contributed by atoms with van der Waals surface area (Å²) in [7, 11) is 0. The number of hydrogen-bond acceptors (Lipinski definition) is 5. The summed E-state index contributed by atoms with van der Waals surface area (Å²) in [5.74, 6) is 1.42. The zero-order valence-electron chi connectivity index (χ0n) is 12.8. The number of nitrogens with one attached hydrogen (secondary N) is 1. The Morgan fingerprint density at radius 1 is 1.30 bits per heavy atom. The fourth-order valence-corrected chi connectivity index (χ4v) is 2.30. The quantitative estimate of drug-likeness (QED) is 0.856. The molecule has 0 atom stereocenters. The summed E-state index contributed by atoms with van der Waals surface area (Å²) in [6.45, 7) is 9.73. The summed E-state index contributed by atoms with van der Waals surface area (Å²) in [6, 6.07) is 0. The minimum Gasteiger partial charge on any atom is -0.390 e. The Labute approximate surface area is 121 Å². The lowest BCUT2D eigenvalue weighted by Gasteiger charge is -2.35. The first-order valence-corrected chi connectivity index (χ1v) is 7.45. The van der Waals surface area contributed by atoms with Gasteiger partial charge in [0.15, 0.2) is 0 Å². The lowest BCUT2D eigenvalue weighted by atomic mass is 9.94. The average Bonchev–Trinajstić information content (AvgIpc) is 2.39. The van der Waals surface area contributed by atoms with Crippen molar-refractivity contribution in [3.8, 4) is 0 Å². The van der Waals surface area contributed by atoms with Crippen LogP contribution in [0.2, 0.25) is 0 Å². The molecule has 20 heavy (non-hydrogen) atoms. The second kappa shape index (κ2) is 6.50. The summed E-state index contributed by atoms with van der Waals surface area (Å²) in [4.78, 5) is 11.0. The first-order chi connectivity index (χ1) is 9.46. The van der Waals surface area contributed by atoms with Crippen LogP contribution < -0.4 is 10.2 Å². The third-order valence-electron chi connectivity index (χ3n) is 3.70. The van der Waals surface area contributed by atoms with Gasteiger partial charge in [0.05, 0.1) is 5.60 Å². The fraction of sp³-hybridized carbons (Fsp3) is 0.733. The van der Waals surface area contributed by atoms with Gasteiger partial charge in [0.1, 0.15) is 0 Å². The lowest BCUT2D eigenvalue weighted by molar-refractivity contribution is 0.0349. The predicted octanol–water partition coefficient (Wildman–Crippen LogP) is 1.57. The zero-order valence-corrected chi connectivity index (χ0v) is 12.8. The number of aromatic nitrogens is 2. The van der Waals surface area contributed by atoms with E-state index in [-0.39, 0.29) is 0 Å². The van der Waals surface area contributed by atoms with Crippen LogP contribution in [0.25, 0.3) is 0 Å². The molecule has 0 spiro atoms. The molecule has 0 saturated carbocycles. The van der Waals surface area contributed by atoms with Gasteiger partial charge in [-0.3, -0.25) is 0 Å². The maximum atomic E-state index is 9.95. The van der Waals surface area contributed by atoms with Gasteiger partial charge in [-0.25, -0.2) is 9.97 Å². The highest BCUT2D eigenvalue weighted by molar-refractivity contribution is 5.31. The Morgan fingerprint density at radius 2 is 1.90 bits per heavy atom. The van der Waals surface area contributed by atoms with Crippen LogP contribution in [0.3, 0.4) is 0 Å². The molecule has 5 heteroatoms. The van der Waals surface area contributed by atoms with Gasteiger partial charge >= 0.3 is 0 Å². The Hall–Kier alpha value is -1.20. The van der Waals surface area contributed by atoms with Crippen LogP contribution in [-0.2, 0) is 6.54 Å². The van der Waals surface area contributed by atoms with Gasteiger partial charge in [0.2, 0.25) is 5.95 Å². The van der Waals surface area contributed by atoms with E-state index in [1.165, 1.54) is 0 Å². The Morgan fingerprint density at radius 3 is 2.45 bits per heavy atom. The SMILES string of the molecule is CC(C)CNCc1cnc(N2CCC(C)(O)CC2)nc1. The molecular formula is C15H26N4O. The van der Waals surface area contributed by atoms with Gasteiger partial charge in [-0.15, -0.1) is 0 Å². The van der Waals surface area contributed by atoms with Crippen LogP contribution in [0.1, 0.15) is 39.2 Å². The van der Waals surface area contributed by atoms with E-state index < -0.39 is 5.60 Å². The number of nitrogens with zero attached hydrogens (tertiary/aromatic N) is 3. The monoisotopic (exact) mass is 278 g/mol. The molecule has 5 nitrogen and oxygen atoms in total. The minimum absolute atomic E-state index is 0.531. The van der Waals surface area contributed by atoms with Gasteiger partial charge in [0, 0.05) is 37.6 Å². The summed E-state index contributed by atoms with van der Waals surface area (Å²) in [5.41, 5.74) is 0.579. The van der Waals surface area contributed by atoms with E-state index in [9.17, 15) is 5.11 Å². The molecule has 1 aliphatic rings. The van der Waals surface area contributed by atoms with E-state index in [2.05, 4.69) is 34.0 Å². The molecule has 112 valence electrons. The van der Waals surface area contributed by atoms with Crippen molar-refractivity contribution >= 4 is 5.95 Å². The molecule has 1 aromatic heterocycles. The average molecular weight is 278 g/mol. The van der Waals surface area contributed by atoms with Crippen molar-refractivity contribution in [1.82, 2.24) is 15.3 Å². The van der Waals surface area contributed by atoms with Crippen LogP contribution in [0.5, 0.6) is 0 Å². The Kier molecular flexibility index (Phi) is 4.94. The highest BCUT2D eigenvalue weighted by Gasteiger charge is 2.28. The molecule has 1 fully saturated rings. The number of rotatable bonds is 5. The third kappa shape index (κ3) is 4.42. The molecule has 0 aliphatic carbocycles. The van der Waals surface area contributed by atoms with Crippen LogP contribution in [0.15, 0.2) is 12.4 Å². The molecule has 1 aromatic rings. The second-order valence-corrected chi connectivity index (χ2v) is 6.40. The predicted molar refractivity (Wildman–Crippen MR) is 80.6 cm³/mol. The first kappa shape index (κ1) is 15.2. The smallest absolute Gasteiger partial charge is 0.225 e. The van der Waals surface area contributed by atoms with Gasteiger partial charge in [-0.05, 0) is 32.2 Å². The third-order valence-corrected chi connectivity index (χ3v) is 3.70. The second-order valence-electron chi connectivity index (χ2n) is 6.40. The number of aliphatic hydroxyl groups is 1. The molecule has 2 heterocycles. The van der Waals surface area contributed by atoms with Crippen LogP contribution in [0, 0.1) is 5.92 Å². The van der Waals surface area contributed by atoms with Crippen molar-refractivity contribution in [2.24, 2.45) is 5.92 Å². The van der Waals surface area contributed by atoms with Crippen LogP contribution in [-0.4, -0.2) is 40.3 Å². The lowest BCUT2D eigenvalue weighted by Crippen LogP contribution is -2.43. The topological polar surface area (TPSA) is 61.3 Å². The minimum atomic E-state index is -0.531. The molecule has 0 amide bonds. The highest BCUT2D eigenvalue weighted by atomic mass is 16.3.